The molecule has 1 aliphatic heterocycles. The normalized spacial score (nSPS) is 29.0. The molecule has 0 fully saturated rings. The van der Waals surface area contributed by atoms with Gasteiger partial charge in [0.1, 0.15) is 0 Å². The molecule has 0 saturated heterocycles. The summed E-state index contributed by atoms with van der Waals surface area (Å²) in [4.78, 5) is 0. The molecule has 0 spiro atoms. The molecule has 0 saturated carbocycles. The van der Waals surface area contributed by atoms with E-state index in [2.05, 4.69) is 10.5 Å². The lowest BCUT2D eigenvalue weighted by Crippen LogP contribution is -2.45. The first-order valence-corrected chi connectivity index (χ1v) is 2.95. The van der Waals surface area contributed by atoms with Crippen LogP contribution in [-0.2, 0) is 0 Å². The van der Waals surface area contributed by atoms with E-state index in [1.54, 1.807) is 6.21 Å². The Kier molecular flexibility index (Phi) is 3.39. The highest BCUT2D eigenvalue weighted by Gasteiger charge is 2.17. The van der Waals surface area contributed by atoms with Gasteiger partial charge >= 0.3 is 0 Å². The highest BCUT2D eigenvalue weighted by molar-refractivity contribution is 5.85. The fourth-order valence-corrected chi connectivity index (χ4v) is 0.634. The van der Waals surface area contributed by atoms with E-state index < -0.39 is 0 Å². The zero-order valence-corrected chi connectivity index (χ0v) is 6.69. The van der Waals surface area contributed by atoms with E-state index >= 15 is 0 Å². The predicted molar refractivity (Wildman–Crippen MR) is 45.5 cm³/mol. The van der Waals surface area contributed by atoms with Gasteiger partial charge in [-0.2, -0.15) is 5.10 Å². The van der Waals surface area contributed by atoms with Crippen molar-refractivity contribution in [3.05, 3.63) is 12.2 Å². The Balaban J connectivity index is 0.000000810. The molecule has 0 aromatic rings. The first-order chi connectivity index (χ1) is 4.27. The maximum atomic E-state index is 5.45. The van der Waals surface area contributed by atoms with Crippen molar-refractivity contribution in [2.24, 2.45) is 10.8 Å². The summed E-state index contributed by atoms with van der Waals surface area (Å²) < 4.78 is 0. The molecule has 3 nitrogen and oxygen atoms in total. The molecule has 0 amide bonds. The molecular weight excluding hydrogens is 150 g/mol. The molecule has 58 valence electrons. The number of nitrogens with two attached hydrogens (primary N) is 1. The first-order valence-electron chi connectivity index (χ1n) is 2.95. The molecule has 1 rings (SSSR count). The maximum Gasteiger partial charge on any atom is 0.0825 e. The molecule has 10 heavy (non-hydrogen) atoms. The van der Waals surface area contributed by atoms with Gasteiger partial charge in [0, 0.05) is 12.8 Å². The van der Waals surface area contributed by atoms with Crippen LogP contribution in [-0.4, -0.2) is 18.3 Å². The quantitative estimate of drug-likeness (QED) is 0.580. The van der Waals surface area contributed by atoms with Crippen molar-refractivity contribution in [2.45, 2.75) is 12.5 Å². The van der Waals surface area contributed by atoms with E-state index in [-0.39, 0.29) is 17.9 Å². The minimum atomic E-state index is -0.130. The largest absolute Gasteiger partial charge is 0.328 e. The van der Waals surface area contributed by atoms with Crippen molar-refractivity contribution >= 4 is 18.6 Å². The van der Waals surface area contributed by atoms with Crippen LogP contribution in [0.15, 0.2) is 17.3 Å². The fourth-order valence-electron chi connectivity index (χ4n) is 0.634. The number of halogens is 1. The summed E-state index contributed by atoms with van der Waals surface area (Å²) in [6, 6.07) is 0. The van der Waals surface area contributed by atoms with Gasteiger partial charge in [-0.15, -0.1) is 12.4 Å². The Hall–Kier alpha value is -0.540. The second-order valence-corrected chi connectivity index (χ2v) is 2.37. The summed E-state index contributed by atoms with van der Waals surface area (Å²) in [5.41, 5.74) is 8.22. The van der Waals surface area contributed by atoms with Crippen LogP contribution >= 0.6 is 12.4 Å². The van der Waals surface area contributed by atoms with Crippen LogP contribution in [0.5, 0.6) is 0 Å². The van der Waals surface area contributed by atoms with Crippen molar-refractivity contribution in [1.82, 2.24) is 5.43 Å². The number of hydrazone groups is 1. The van der Waals surface area contributed by atoms with Gasteiger partial charge < -0.3 is 5.73 Å². The van der Waals surface area contributed by atoms with E-state index in [0.717, 1.165) is 0 Å². The average Bonchev–Trinajstić information content (AvgIpc) is 1.90. The van der Waals surface area contributed by atoms with E-state index in [4.69, 9.17) is 5.73 Å². The lowest BCUT2D eigenvalue weighted by atomic mass is 10.0. The lowest BCUT2D eigenvalue weighted by Gasteiger charge is -2.24. The number of nitrogens with zero attached hydrogens (tertiary/aromatic N) is 1. The summed E-state index contributed by atoms with van der Waals surface area (Å²) in [6.45, 7) is 2.57. The van der Waals surface area contributed by atoms with Gasteiger partial charge in [0.2, 0.25) is 0 Å². The van der Waals surface area contributed by atoms with Gasteiger partial charge in [-0.25, -0.2) is 0 Å². The summed E-state index contributed by atoms with van der Waals surface area (Å²) in [5.74, 6) is 0. The van der Waals surface area contributed by atoms with Crippen molar-refractivity contribution in [3.8, 4) is 0 Å². The third kappa shape index (κ3) is 2.01. The predicted octanol–water partition coefficient (Wildman–Crippen LogP) is 0.271. The number of rotatable bonds is 1. The van der Waals surface area contributed by atoms with E-state index in [9.17, 15) is 0 Å². The third-order valence-electron chi connectivity index (χ3n) is 1.37. The number of hydrogen-bond donors (Lipinski definition) is 2. The highest BCUT2D eigenvalue weighted by atomic mass is 35.5. The van der Waals surface area contributed by atoms with E-state index in [0.29, 0.717) is 6.54 Å². The van der Waals surface area contributed by atoms with Gasteiger partial charge in [0.25, 0.3) is 0 Å². The average molecular weight is 162 g/mol. The molecule has 0 aliphatic carbocycles. The zero-order chi connectivity index (χ0) is 6.74. The number of nitrogens with one attached hydrogen (secondary N) is 1. The maximum absolute atomic E-state index is 5.45. The van der Waals surface area contributed by atoms with Crippen LogP contribution in [0.3, 0.4) is 0 Å². The lowest BCUT2D eigenvalue weighted by molar-refractivity contribution is 0.459. The number of allylic oxidation sites excluding steroid dienone is 1. The zero-order valence-electron chi connectivity index (χ0n) is 5.87. The van der Waals surface area contributed by atoms with Crippen LogP contribution in [0.25, 0.3) is 0 Å². The molecule has 1 heterocycles. The molecule has 0 aromatic carbocycles. The molecule has 0 radical (unpaired) electrons. The molecular formula is C6H12ClN3. The molecule has 1 atom stereocenters. The van der Waals surface area contributed by atoms with Crippen LogP contribution in [0, 0.1) is 0 Å². The Bertz CT molecular complexity index is 155. The Morgan fingerprint density at radius 3 is 2.70 bits per heavy atom. The van der Waals surface area contributed by atoms with Crippen molar-refractivity contribution in [1.29, 1.82) is 0 Å². The second kappa shape index (κ2) is 3.58. The number of hydrogen-bond acceptors (Lipinski definition) is 3. The van der Waals surface area contributed by atoms with Crippen LogP contribution < -0.4 is 11.2 Å². The first kappa shape index (κ1) is 9.46. The molecule has 4 heteroatoms. The monoisotopic (exact) mass is 161 g/mol. The van der Waals surface area contributed by atoms with Gasteiger partial charge in [-0.05, 0) is 13.0 Å². The van der Waals surface area contributed by atoms with E-state index in [1.807, 2.05) is 19.1 Å². The summed E-state index contributed by atoms with van der Waals surface area (Å²) >= 11 is 0. The van der Waals surface area contributed by atoms with Gasteiger partial charge in [0.05, 0.1) is 5.54 Å². The van der Waals surface area contributed by atoms with E-state index in [1.165, 1.54) is 0 Å². The van der Waals surface area contributed by atoms with Crippen molar-refractivity contribution in [3.63, 3.8) is 0 Å². The summed E-state index contributed by atoms with van der Waals surface area (Å²) in [6.07, 6.45) is 5.60. The SMILES string of the molecule is CC1(CN)C=CC=NN1.Cl. The molecule has 0 bridgehead atoms. The molecule has 3 N–H and O–H groups in total. The van der Waals surface area contributed by atoms with Gasteiger partial charge in [-0.3, -0.25) is 5.43 Å². The Morgan fingerprint density at radius 1 is 1.70 bits per heavy atom. The standard InChI is InChI=1S/C6H11N3.ClH/c1-6(5-7)3-2-4-8-9-6;/h2-4,9H,5,7H2,1H3;1H. The molecule has 1 aliphatic rings. The van der Waals surface area contributed by atoms with Crippen LogP contribution in [0.4, 0.5) is 0 Å². The minimum absolute atomic E-state index is 0. The summed E-state index contributed by atoms with van der Waals surface area (Å²) in [5, 5.41) is 3.86. The Morgan fingerprint density at radius 2 is 2.40 bits per heavy atom. The topological polar surface area (TPSA) is 50.4 Å². The van der Waals surface area contributed by atoms with Gasteiger partial charge in [0.15, 0.2) is 0 Å². The molecule has 0 aromatic heterocycles. The minimum Gasteiger partial charge on any atom is -0.328 e. The smallest absolute Gasteiger partial charge is 0.0825 e. The fraction of sp³-hybridized carbons (Fsp3) is 0.500. The van der Waals surface area contributed by atoms with Crippen LogP contribution in [0.1, 0.15) is 6.92 Å². The summed E-state index contributed by atoms with van der Waals surface area (Å²) in [7, 11) is 0. The highest BCUT2D eigenvalue weighted by Crippen LogP contribution is 2.04. The third-order valence-corrected chi connectivity index (χ3v) is 1.37. The van der Waals surface area contributed by atoms with Crippen LogP contribution in [0.2, 0.25) is 0 Å². The van der Waals surface area contributed by atoms with Gasteiger partial charge in [-0.1, -0.05) is 6.08 Å². The van der Waals surface area contributed by atoms with Crippen molar-refractivity contribution in [2.75, 3.05) is 6.54 Å². The molecule has 1 unspecified atom stereocenters. The Labute approximate surface area is 66.8 Å². The van der Waals surface area contributed by atoms with Crippen molar-refractivity contribution < 1.29 is 0 Å². The second-order valence-electron chi connectivity index (χ2n) is 2.37.